The van der Waals surface area contributed by atoms with Crippen LogP contribution in [0.2, 0.25) is 0 Å². The van der Waals surface area contributed by atoms with Crippen molar-refractivity contribution in [2.24, 2.45) is 0 Å². The van der Waals surface area contributed by atoms with E-state index in [2.05, 4.69) is 21.2 Å². The molecule has 0 bridgehead atoms. The lowest BCUT2D eigenvalue weighted by Gasteiger charge is -2.26. The zero-order valence-electron chi connectivity index (χ0n) is 13.5. The van der Waals surface area contributed by atoms with Crippen molar-refractivity contribution in [3.8, 4) is 11.5 Å². The molecule has 1 aliphatic heterocycles. The smallest absolute Gasteiger partial charge is 0.265 e. The highest BCUT2D eigenvalue weighted by molar-refractivity contribution is 9.10. The molecule has 0 fully saturated rings. The fourth-order valence-electron chi connectivity index (χ4n) is 3.13. The van der Waals surface area contributed by atoms with Gasteiger partial charge in [0.1, 0.15) is 16.4 Å². The second-order valence-corrected chi connectivity index (χ2v) is 7.66. The first kappa shape index (κ1) is 16.4. The summed E-state index contributed by atoms with van der Waals surface area (Å²) in [5, 5.41) is 4.09. The first-order valence-electron chi connectivity index (χ1n) is 7.96. The molecule has 1 N–H and O–H groups in total. The summed E-state index contributed by atoms with van der Waals surface area (Å²) in [4.78, 5) is 13.5. The Bertz CT molecular complexity index is 953. The van der Waals surface area contributed by atoms with Crippen LogP contribution in [0.1, 0.15) is 27.7 Å². The number of carbonyl (C=O) groups is 1. The third kappa shape index (κ3) is 2.89. The average Bonchev–Trinajstić information content (AvgIpc) is 3.02. The zero-order valence-corrected chi connectivity index (χ0v) is 15.9. The first-order chi connectivity index (χ1) is 12.2. The third-order valence-corrected chi connectivity index (χ3v) is 6.44. The van der Waals surface area contributed by atoms with Crippen molar-refractivity contribution in [1.29, 1.82) is 0 Å². The highest BCUT2D eigenvalue weighted by Crippen LogP contribution is 2.41. The number of para-hydroxylation sites is 1. The van der Waals surface area contributed by atoms with Crippen LogP contribution < -0.4 is 14.8 Å². The molecule has 4 rings (SSSR count). The molecular weight excluding hydrogens is 402 g/mol. The summed E-state index contributed by atoms with van der Waals surface area (Å²) in [7, 11) is 1.60. The standard InChI is InChI=1S/C19H16BrNO3S/c1-23-16-12-6-4-7-13(20)17(12)25-18(16)19(22)21-14-9-10-24-15-8-3-2-5-11(14)15/h2-8,14H,9-10H2,1H3,(H,21,22). The molecule has 1 unspecified atom stereocenters. The molecule has 1 aromatic heterocycles. The number of benzene rings is 2. The van der Waals surface area contributed by atoms with E-state index in [0.29, 0.717) is 17.2 Å². The molecule has 0 saturated heterocycles. The van der Waals surface area contributed by atoms with Crippen molar-refractivity contribution in [2.75, 3.05) is 13.7 Å². The van der Waals surface area contributed by atoms with Crippen LogP contribution in [-0.2, 0) is 0 Å². The van der Waals surface area contributed by atoms with Crippen molar-refractivity contribution >= 4 is 43.3 Å². The number of carbonyl (C=O) groups excluding carboxylic acids is 1. The number of rotatable bonds is 3. The number of hydrogen-bond donors (Lipinski definition) is 1. The Labute approximate surface area is 157 Å². The monoisotopic (exact) mass is 417 g/mol. The molecule has 0 aliphatic carbocycles. The molecule has 1 amide bonds. The first-order valence-corrected chi connectivity index (χ1v) is 9.57. The Morgan fingerprint density at radius 1 is 1.28 bits per heavy atom. The predicted molar refractivity (Wildman–Crippen MR) is 103 cm³/mol. The highest BCUT2D eigenvalue weighted by Gasteiger charge is 2.26. The van der Waals surface area contributed by atoms with Gasteiger partial charge in [-0.15, -0.1) is 11.3 Å². The van der Waals surface area contributed by atoms with Crippen molar-refractivity contribution in [3.63, 3.8) is 0 Å². The average molecular weight is 418 g/mol. The number of nitrogens with one attached hydrogen (secondary N) is 1. The maximum absolute atomic E-state index is 12.9. The summed E-state index contributed by atoms with van der Waals surface area (Å²) in [5.41, 5.74) is 1.02. The molecule has 3 aromatic rings. The van der Waals surface area contributed by atoms with Crippen LogP contribution in [0.15, 0.2) is 46.9 Å². The van der Waals surface area contributed by atoms with Gasteiger partial charge in [-0.3, -0.25) is 4.79 Å². The van der Waals surface area contributed by atoms with Gasteiger partial charge in [-0.05, 0) is 34.1 Å². The van der Waals surface area contributed by atoms with Gasteiger partial charge in [-0.2, -0.15) is 0 Å². The third-order valence-electron chi connectivity index (χ3n) is 4.30. The van der Waals surface area contributed by atoms with Crippen LogP contribution in [0.5, 0.6) is 11.5 Å². The van der Waals surface area contributed by atoms with E-state index >= 15 is 0 Å². The number of halogens is 1. The van der Waals surface area contributed by atoms with Crippen molar-refractivity contribution in [2.45, 2.75) is 12.5 Å². The van der Waals surface area contributed by atoms with Crippen LogP contribution in [0, 0.1) is 0 Å². The molecule has 128 valence electrons. The second-order valence-electron chi connectivity index (χ2n) is 5.78. The summed E-state index contributed by atoms with van der Waals surface area (Å²) in [5.74, 6) is 1.34. The lowest BCUT2D eigenvalue weighted by Crippen LogP contribution is -2.31. The minimum Gasteiger partial charge on any atom is -0.494 e. The van der Waals surface area contributed by atoms with Gasteiger partial charge in [-0.25, -0.2) is 0 Å². The Hall–Kier alpha value is -2.05. The van der Waals surface area contributed by atoms with E-state index in [9.17, 15) is 4.79 Å². The highest BCUT2D eigenvalue weighted by atomic mass is 79.9. The normalized spacial score (nSPS) is 16.2. The Morgan fingerprint density at radius 2 is 2.12 bits per heavy atom. The molecule has 2 heterocycles. The molecule has 0 spiro atoms. The van der Waals surface area contributed by atoms with Crippen LogP contribution in [0.3, 0.4) is 0 Å². The van der Waals surface area contributed by atoms with Gasteiger partial charge in [0.15, 0.2) is 0 Å². The van der Waals surface area contributed by atoms with Crippen LogP contribution in [0.4, 0.5) is 0 Å². The summed E-state index contributed by atoms with van der Waals surface area (Å²) < 4.78 is 13.2. The number of thiophene rings is 1. The maximum Gasteiger partial charge on any atom is 0.265 e. The summed E-state index contributed by atoms with van der Waals surface area (Å²) >= 11 is 4.99. The van der Waals surface area contributed by atoms with Crippen LogP contribution in [-0.4, -0.2) is 19.6 Å². The van der Waals surface area contributed by atoms with E-state index in [-0.39, 0.29) is 11.9 Å². The number of methoxy groups -OCH3 is 1. The van der Waals surface area contributed by atoms with Crippen LogP contribution in [0.25, 0.3) is 10.1 Å². The van der Waals surface area contributed by atoms with E-state index in [0.717, 1.165) is 32.3 Å². The van der Waals surface area contributed by atoms with Gasteiger partial charge in [0, 0.05) is 21.8 Å². The predicted octanol–water partition coefficient (Wildman–Crippen LogP) is 4.93. The molecule has 0 saturated carbocycles. The van der Waals surface area contributed by atoms with Gasteiger partial charge in [0.05, 0.1) is 24.5 Å². The minimum absolute atomic E-state index is 0.0594. The van der Waals surface area contributed by atoms with Gasteiger partial charge in [-0.1, -0.05) is 24.3 Å². The van der Waals surface area contributed by atoms with E-state index in [1.54, 1.807) is 7.11 Å². The Morgan fingerprint density at radius 3 is 2.96 bits per heavy atom. The molecule has 25 heavy (non-hydrogen) atoms. The van der Waals surface area contributed by atoms with Gasteiger partial charge in [0.2, 0.25) is 0 Å². The number of hydrogen-bond acceptors (Lipinski definition) is 4. The topological polar surface area (TPSA) is 47.6 Å². The number of amides is 1. The van der Waals surface area contributed by atoms with Crippen LogP contribution >= 0.6 is 27.3 Å². The zero-order chi connectivity index (χ0) is 17.4. The fourth-order valence-corrected chi connectivity index (χ4v) is 4.82. The molecule has 1 atom stereocenters. The largest absolute Gasteiger partial charge is 0.494 e. The minimum atomic E-state index is -0.119. The second kappa shape index (κ2) is 6.69. The quantitative estimate of drug-likeness (QED) is 0.657. The summed E-state index contributed by atoms with van der Waals surface area (Å²) in [6, 6.07) is 13.7. The number of fused-ring (bicyclic) bond motifs is 2. The number of ether oxygens (including phenoxy) is 2. The fraction of sp³-hybridized carbons (Fsp3) is 0.211. The van der Waals surface area contributed by atoms with Crippen molar-refractivity contribution in [3.05, 3.63) is 57.4 Å². The van der Waals surface area contributed by atoms with E-state index in [1.165, 1.54) is 11.3 Å². The lowest BCUT2D eigenvalue weighted by molar-refractivity contribution is 0.0926. The molecule has 1 aliphatic rings. The van der Waals surface area contributed by atoms with Gasteiger partial charge >= 0.3 is 0 Å². The van der Waals surface area contributed by atoms with E-state index in [1.807, 2.05) is 42.5 Å². The van der Waals surface area contributed by atoms with Gasteiger partial charge < -0.3 is 14.8 Å². The molecule has 4 nitrogen and oxygen atoms in total. The SMILES string of the molecule is COc1c(C(=O)NC2CCOc3ccccc32)sc2c(Br)cccc12. The van der Waals surface area contributed by atoms with Crippen molar-refractivity contribution in [1.82, 2.24) is 5.32 Å². The van der Waals surface area contributed by atoms with Gasteiger partial charge in [0.25, 0.3) is 5.91 Å². The van der Waals surface area contributed by atoms with Crippen molar-refractivity contribution < 1.29 is 14.3 Å². The maximum atomic E-state index is 12.9. The summed E-state index contributed by atoms with van der Waals surface area (Å²) in [6.45, 7) is 0.594. The molecule has 0 radical (unpaired) electrons. The van der Waals surface area contributed by atoms with E-state index in [4.69, 9.17) is 9.47 Å². The molecular formula is C19H16BrNO3S. The Balaban J connectivity index is 1.69. The lowest BCUT2D eigenvalue weighted by atomic mass is 10.0. The van der Waals surface area contributed by atoms with E-state index < -0.39 is 0 Å². The summed E-state index contributed by atoms with van der Waals surface area (Å²) in [6.07, 6.45) is 0.750. The molecule has 2 aromatic carbocycles. The molecule has 6 heteroatoms. The Kier molecular flexibility index (Phi) is 4.39.